The lowest BCUT2D eigenvalue weighted by Gasteiger charge is -2.08. The van der Waals surface area contributed by atoms with Crippen LogP contribution in [0.1, 0.15) is 22.8 Å². The number of aryl methyl sites for hydroxylation is 1. The van der Waals surface area contributed by atoms with Gasteiger partial charge in [-0.3, -0.25) is 10.1 Å². The van der Waals surface area contributed by atoms with E-state index in [9.17, 15) is 14.9 Å². The molecule has 0 saturated heterocycles. The number of benzene rings is 2. The lowest BCUT2D eigenvalue weighted by molar-refractivity contribution is -0.384. The van der Waals surface area contributed by atoms with Crippen molar-refractivity contribution in [2.24, 2.45) is 0 Å². The van der Waals surface area contributed by atoms with E-state index in [1.807, 2.05) is 24.3 Å². The summed E-state index contributed by atoms with van der Waals surface area (Å²) in [5.74, 6) is 0.196. The lowest BCUT2D eigenvalue weighted by Crippen LogP contribution is -2.12. The maximum Gasteiger partial charge on any atom is 0.338 e. The first-order valence-electron chi connectivity index (χ1n) is 7.23. The third kappa shape index (κ3) is 4.81. The number of hydrogen-bond donors (Lipinski definition) is 0. The molecule has 0 spiro atoms. The first kappa shape index (κ1) is 16.5. The van der Waals surface area contributed by atoms with Crippen LogP contribution in [0.5, 0.6) is 5.75 Å². The van der Waals surface area contributed by atoms with Crippen molar-refractivity contribution >= 4 is 11.7 Å². The zero-order valence-corrected chi connectivity index (χ0v) is 12.7. The van der Waals surface area contributed by atoms with Gasteiger partial charge in [0.25, 0.3) is 5.69 Å². The van der Waals surface area contributed by atoms with Crippen LogP contribution in [0.15, 0.2) is 48.5 Å². The summed E-state index contributed by atoms with van der Waals surface area (Å²) in [5, 5.41) is 10.5. The molecule has 0 fully saturated rings. The molecule has 0 radical (unpaired) electrons. The summed E-state index contributed by atoms with van der Waals surface area (Å²) < 4.78 is 10.6. The van der Waals surface area contributed by atoms with Gasteiger partial charge in [-0.15, -0.1) is 0 Å². The molecule has 0 aliphatic carbocycles. The Bertz CT molecular complexity index is 682. The van der Waals surface area contributed by atoms with Gasteiger partial charge in [0.15, 0.2) is 0 Å². The Labute approximate surface area is 133 Å². The van der Waals surface area contributed by atoms with Crippen molar-refractivity contribution in [3.05, 3.63) is 69.8 Å². The Kier molecular flexibility index (Phi) is 5.68. The average Bonchev–Trinajstić information content (AvgIpc) is 2.58. The summed E-state index contributed by atoms with van der Waals surface area (Å²) in [4.78, 5) is 21.8. The molecule has 0 unspecified atom stereocenters. The largest absolute Gasteiger partial charge is 0.490 e. The number of nitrogens with zero attached hydrogens (tertiary/aromatic N) is 1. The Morgan fingerprint density at radius 1 is 1.13 bits per heavy atom. The van der Waals surface area contributed by atoms with Crippen molar-refractivity contribution in [3.8, 4) is 5.75 Å². The third-order valence-corrected chi connectivity index (χ3v) is 3.21. The monoisotopic (exact) mass is 315 g/mol. The van der Waals surface area contributed by atoms with Gasteiger partial charge in [0, 0.05) is 12.1 Å². The molecule has 0 bridgehead atoms. The first-order valence-corrected chi connectivity index (χ1v) is 7.23. The van der Waals surface area contributed by atoms with Crippen LogP contribution < -0.4 is 4.74 Å². The van der Waals surface area contributed by atoms with Gasteiger partial charge in [-0.2, -0.15) is 0 Å². The van der Waals surface area contributed by atoms with Crippen LogP contribution in [0.3, 0.4) is 0 Å². The van der Waals surface area contributed by atoms with Crippen molar-refractivity contribution in [3.63, 3.8) is 0 Å². The number of esters is 1. The fraction of sp³-hybridized carbons (Fsp3) is 0.235. The fourth-order valence-electron chi connectivity index (χ4n) is 1.95. The van der Waals surface area contributed by atoms with E-state index in [4.69, 9.17) is 9.47 Å². The Balaban J connectivity index is 1.79. The Morgan fingerprint density at radius 3 is 2.52 bits per heavy atom. The van der Waals surface area contributed by atoms with E-state index in [0.29, 0.717) is 0 Å². The van der Waals surface area contributed by atoms with Crippen molar-refractivity contribution in [1.82, 2.24) is 0 Å². The number of non-ortho nitro benzene ring substituents is 1. The molecule has 6 nitrogen and oxygen atoms in total. The van der Waals surface area contributed by atoms with Gasteiger partial charge < -0.3 is 9.47 Å². The average molecular weight is 315 g/mol. The van der Waals surface area contributed by atoms with E-state index in [1.54, 1.807) is 0 Å². The molecule has 0 aliphatic heterocycles. The molecular formula is C17H17NO5. The number of hydrogen-bond acceptors (Lipinski definition) is 5. The maximum atomic E-state index is 11.8. The molecule has 23 heavy (non-hydrogen) atoms. The number of carbonyl (C=O) groups is 1. The van der Waals surface area contributed by atoms with Crippen LogP contribution in [0, 0.1) is 10.1 Å². The smallest absolute Gasteiger partial charge is 0.338 e. The summed E-state index contributed by atoms with van der Waals surface area (Å²) >= 11 is 0. The summed E-state index contributed by atoms with van der Waals surface area (Å²) in [7, 11) is 0. The lowest BCUT2D eigenvalue weighted by atomic mass is 10.2. The normalized spacial score (nSPS) is 10.1. The van der Waals surface area contributed by atoms with Crippen molar-refractivity contribution < 1.29 is 19.2 Å². The van der Waals surface area contributed by atoms with Crippen LogP contribution in [0.2, 0.25) is 0 Å². The van der Waals surface area contributed by atoms with Crippen molar-refractivity contribution in [2.75, 3.05) is 13.2 Å². The van der Waals surface area contributed by atoms with Gasteiger partial charge in [-0.05, 0) is 36.2 Å². The van der Waals surface area contributed by atoms with E-state index in [-0.39, 0.29) is 24.5 Å². The first-order chi connectivity index (χ1) is 11.1. The van der Waals surface area contributed by atoms with E-state index in [0.717, 1.165) is 12.2 Å². The highest BCUT2D eigenvalue weighted by Gasteiger charge is 2.10. The molecule has 2 aromatic carbocycles. The maximum absolute atomic E-state index is 11.8. The Morgan fingerprint density at radius 2 is 1.87 bits per heavy atom. The van der Waals surface area contributed by atoms with Crippen LogP contribution in [-0.4, -0.2) is 24.1 Å². The molecule has 120 valence electrons. The van der Waals surface area contributed by atoms with E-state index < -0.39 is 10.9 Å². The fourth-order valence-corrected chi connectivity index (χ4v) is 1.95. The predicted octanol–water partition coefficient (Wildman–Crippen LogP) is 3.39. The molecule has 0 aliphatic rings. The van der Waals surface area contributed by atoms with E-state index >= 15 is 0 Å². The van der Waals surface area contributed by atoms with Gasteiger partial charge in [-0.1, -0.05) is 19.1 Å². The number of carbonyl (C=O) groups excluding carboxylic acids is 1. The minimum Gasteiger partial charge on any atom is -0.490 e. The molecular weight excluding hydrogens is 298 g/mol. The molecule has 0 saturated carbocycles. The quantitative estimate of drug-likeness (QED) is 0.339. The second-order valence-electron chi connectivity index (χ2n) is 4.79. The predicted molar refractivity (Wildman–Crippen MR) is 84.7 cm³/mol. The van der Waals surface area contributed by atoms with Gasteiger partial charge in [-0.25, -0.2) is 4.79 Å². The summed E-state index contributed by atoms with van der Waals surface area (Å²) in [6.07, 6.45) is 0.923. The van der Waals surface area contributed by atoms with Crippen LogP contribution in [0.4, 0.5) is 5.69 Å². The zero-order chi connectivity index (χ0) is 16.7. The van der Waals surface area contributed by atoms with Gasteiger partial charge in [0.05, 0.1) is 10.5 Å². The number of ether oxygens (including phenoxy) is 2. The second kappa shape index (κ2) is 7.93. The van der Waals surface area contributed by atoms with Crippen molar-refractivity contribution in [1.29, 1.82) is 0 Å². The molecule has 0 aromatic heterocycles. The van der Waals surface area contributed by atoms with E-state index in [2.05, 4.69) is 6.92 Å². The minimum atomic E-state index is -0.536. The van der Waals surface area contributed by atoms with Crippen LogP contribution in [0.25, 0.3) is 0 Å². The number of nitro benzene ring substituents is 1. The number of nitro groups is 1. The van der Waals surface area contributed by atoms with Gasteiger partial charge in [0.2, 0.25) is 0 Å². The summed E-state index contributed by atoms with van der Waals surface area (Å²) in [6.45, 7) is 2.41. The second-order valence-corrected chi connectivity index (χ2v) is 4.79. The molecule has 2 rings (SSSR count). The highest BCUT2D eigenvalue weighted by atomic mass is 16.6. The minimum absolute atomic E-state index is 0.0688. The van der Waals surface area contributed by atoms with Crippen molar-refractivity contribution in [2.45, 2.75) is 13.3 Å². The molecule has 0 heterocycles. The number of rotatable bonds is 7. The summed E-state index contributed by atoms with van der Waals surface area (Å²) in [5.41, 5.74) is 1.37. The molecule has 0 atom stereocenters. The van der Waals surface area contributed by atoms with Gasteiger partial charge >= 0.3 is 5.97 Å². The SMILES string of the molecule is CCc1cccc(OCCOC(=O)c2ccc([N+](=O)[O-])cc2)c1. The van der Waals surface area contributed by atoms with Crippen LogP contribution in [-0.2, 0) is 11.2 Å². The molecule has 6 heteroatoms. The molecule has 0 N–H and O–H groups in total. The van der Waals surface area contributed by atoms with Gasteiger partial charge in [0.1, 0.15) is 19.0 Å². The topological polar surface area (TPSA) is 78.7 Å². The standard InChI is InChI=1S/C17H17NO5/c1-2-13-4-3-5-16(12-13)22-10-11-23-17(19)14-6-8-15(9-7-14)18(20)21/h3-9,12H,2,10-11H2,1H3. The highest BCUT2D eigenvalue weighted by Crippen LogP contribution is 2.14. The molecule has 2 aromatic rings. The summed E-state index contributed by atoms with van der Waals surface area (Å²) in [6, 6.07) is 13.0. The van der Waals surface area contributed by atoms with Crippen LogP contribution >= 0.6 is 0 Å². The zero-order valence-electron chi connectivity index (χ0n) is 12.7. The van der Waals surface area contributed by atoms with E-state index in [1.165, 1.54) is 29.8 Å². The highest BCUT2D eigenvalue weighted by molar-refractivity contribution is 5.89. The molecule has 0 amide bonds. The Hall–Kier alpha value is -2.89. The third-order valence-electron chi connectivity index (χ3n) is 3.21.